The molecule has 0 aromatic carbocycles. The lowest BCUT2D eigenvalue weighted by Crippen LogP contribution is -2.28. The van der Waals surface area contributed by atoms with E-state index in [0.717, 1.165) is 25.9 Å². The highest BCUT2D eigenvalue weighted by atomic mass is 16.1. The van der Waals surface area contributed by atoms with Crippen LogP contribution < -0.4 is 5.32 Å². The van der Waals surface area contributed by atoms with E-state index in [2.05, 4.69) is 10.3 Å². The van der Waals surface area contributed by atoms with E-state index in [9.17, 15) is 4.79 Å². The number of nitrogens with one attached hydrogen (secondary N) is 1. The molecule has 0 atom stereocenters. The Morgan fingerprint density at radius 1 is 1.43 bits per heavy atom. The second-order valence-electron chi connectivity index (χ2n) is 4.64. The topological polar surface area (TPSA) is 69.0 Å². The molecule has 1 rings (SSSR count). The van der Waals surface area contributed by atoms with Crippen molar-refractivity contribution < 1.29 is 4.79 Å². The lowest BCUT2D eigenvalue weighted by Gasteiger charge is -2.18. The minimum atomic E-state index is -0.304. The molecular formula is C16H22N4O. The van der Waals surface area contributed by atoms with Crippen molar-refractivity contribution in [3.8, 4) is 6.07 Å². The molecule has 1 aromatic heterocycles. The van der Waals surface area contributed by atoms with Crippen LogP contribution in [-0.4, -0.2) is 35.4 Å². The maximum Gasteiger partial charge on any atom is 0.263 e. The average Bonchev–Trinajstić information content (AvgIpc) is 2.54. The lowest BCUT2D eigenvalue weighted by atomic mass is 10.2. The molecule has 1 heterocycles. The fourth-order valence-electron chi connectivity index (χ4n) is 1.79. The van der Waals surface area contributed by atoms with Gasteiger partial charge in [-0.3, -0.25) is 9.78 Å². The summed E-state index contributed by atoms with van der Waals surface area (Å²) in [6.45, 7) is 6.07. The zero-order valence-corrected chi connectivity index (χ0v) is 12.7. The van der Waals surface area contributed by atoms with E-state index in [0.29, 0.717) is 6.54 Å². The van der Waals surface area contributed by atoms with Gasteiger partial charge in [0.2, 0.25) is 0 Å². The Bertz CT molecular complexity index is 505. The number of hydrogen-bond donors (Lipinski definition) is 1. The van der Waals surface area contributed by atoms with Crippen LogP contribution in [0.1, 0.15) is 25.8 Å². The molecule has 1 aromatic rings. The van der Waals surface area contributed by atoms with Crippen molar-refractivity contribution in [3.63, 3.8) is 0 Å². The molecule has 0 radical (unpaired) electrons. The lowest BCUT2D eigenvalue weighted by molar-refractivity contribution is -0.117. The highest BCUT2D eigenvalue weighted by Gasteiger charge is 2.09. The van der Waals surface area contributed by atoms with Crippen LogP contribution in [0.25, 0.3) is 0 Å². The first-order chi connectivity index (χ1) is 10.2. The number of likely N-dealkylation sites (N-methyl/N-ethyl adjacent to an activating group) is 1. The summed E-state index contributed by atoms with van der Waals surface area (Å²) >= 11 is 0. The molecule has 0 spiro atoms. The van der Waals surface area contributed by atoms with Crippen molar-refractivity contribution in [2.75, 3.05) is 19.6 Å². The summed E-state index contributed by atoms with van der Waals surface area (Å²) in [6.07, 6.45) is 6.87. The van der Waals surface area contributed by atoms with Crippen molar-refractivity contribution >= 4 is 5.91 Å². The van der Waals surface area contributed by atoms with Gasteiger partial charge in [0.25, 0.3) is 5.91 Å². The van der Waals surface area contributed by atoms with Crippen LogP contribution in [0.2, 0.25) is 0 Å². The Labute approximate surface area is 126 Å². The standard InChI is InChI=1S/C16H22N4O/c1-3-8-19-16(21)15(12-17)13-20(4-2)11-7-14-5-9-18-10-6-14/h5-6,9-10,13H,3-4,7-8,11H2,1-2H3,(H,19,21)/b15-13-. The fourth-order valence-corrected chi connectivity index (χ4v) is 1.79. The van der Waals surface area contributed by atoms with Gasteiger partial charge in [0.15, 0.2) is 0 Å². The van der Waals surface area contributed by atoms with Crippen molar-refractivity contribution in [3.05, 3.63) is 41.9 Å². The summed E-state index contributed by atoms with van der Waals surface area (Å²) in [4.78, 5) is 17.8. The van der Waals surface area contributed by atoms with Crippen LogP contribution in [0.3, 0.4) is 0 Å². The zero-order valence-electron chi connectivity index (χ0n) is 12.7. The van der Waals surface area contributed by atoms with E-state index < -0.39 is 0 Å². The van der Waals surface area contributed by atoms with Crippen LogP contribution in [-0.2, 0) is 11.2 Å². The van der Waals surface area contributed by atoms with Gasteiger partial charge in [0.1, 0.15) is 11.6 Å². The third kappa shape index (κ3) is 6.09. The van der Waals surface area contributed by atoms with Crippen LogP contribution in [0.4, 0.5) is 0 Å². The number of carbonyl (C=O) groups excluding carboxylic acids is 1. The number of nitriles is 1. The van der Waals surface area contributed by atoms with Gasteiger partial charge in [-0.05, 0) is 37.5 Å². The number of amides is 1. The van der Waals surface area contributed by atoms with Crippen LogP contribution in [0, 0.1) is 11.3 Å². The van der Waals surface area contributed by atoms with E-state index in [-0.39, 0.29) is 11.5 Å². The largest absolute Gasteiger partial charge is 0.376 e. The van der Waals surface area contributed by atoms with Crippen LogP contribution >= 0.6 is 0 Å². The Morgan fingerprint density at radius 2 is 2.14 bits per heavy atom. The molecule has 0 unspecified atom stereocenters. The molecule has 21 heavy (non-hydrogen) atoms. The minimum absolute atomic E-state index is 0.153. The van der Waals surface area contributed by atoms with E-state index >= 15 is 0 Å². The maximum atomic E-state index is 11.8. The third-order valence-electron chi connectivity index (χ3n) is 3.06. The van der Waals surface area contributed by atoms with Gasteiger partial charge in [-0.1, -0.05) is 6.92 Å². The van der Waals surface area contributed by atoms with Crippen LogP contribution in [0.5, 0.6) is 0 Å². The first-order valence-corrected chi connectivity index (χ1v) is 7.24. The van der Waals surface area contributed by atoms with Gasteiger partial charge in [-0.2, -0.15) is 5.26 Å². The molecule has 5 nitrogen and oxygen atoms in total. The van der Waals surface area contributed by atoms with Crippen molar-refractivity contribution in [2.24, 2.45) is 0 Å². The second-order valence-corrected chi connectivity index (χ2v) is 4.64. The molecule has 0 aliphatic heterocycles. The van der Waals surface area contributed by atoms with Gasteiger partial charge in [0, 0.05) is 38.2 Å². The van der Waals surface area contributed by atoms with Crippen molar-refractivity contribution in [2.45, 2.75) is 26.7 Å². The Kier molecular flexibility index (Phi) is 7.59. The number of hydrogen-bond acceptors (Lipinski definition) is 4. The molecule has 0 fully saturated rings. The summed E-state index contributed by atoms with van der Waals surface area (Å²) in [5.74, 6) is -0.304. The molecule has 112 valence electrons. The zero-order chi connectivity index (χ0) is 15.5. The first-order valence-electron chi connectivity index (χ1n) is 7.24. The monoisotopic (exact) mass is 286 g/mol. The summed E-state index contributed by atoms with van der Waals surface area (Å²) in [5, 5.41) is 11.8. The minimum Gasteiger partial charge on any atom is -0.376 e. The number of pyridine rings is 1. The van der Waals surface area contributed by atoms with Gasteiger partial charge in [-0.25, -0.2) is 0 Å². The maximum absolute atomic E-state index is 11.8. The second kappa shape index (κ2) is 9.54. The smallest absolute Gasteiger partial charge is 0.263 e. The highest BCUT2D eigenvalue weighted by molar-refractivity contribution is 5.97. The number of rotatable bonds is 8. The van der Waals surface area contributed by atoms with Crippen LogP contribution in [0.15, 0.2) is 36.3 Å². The predicted molar refractivity (Wildman–Crippen MR) is 82.2 cm³/mol. The Balaban J connectivity index is 2.63. The molecule has 0 aliphatic rings. The van der Waals surface area contributed by atoms with E-state index in [1.54, 1.807) is 18.6 Å². The molecule has 5 heteroatoms. The fraction of sp³-hybridized carbons (Fsp3) is 0.438. The average molecular weight is 286 g/mol. The van der Waals surface area contributed by atoms with Crippen molar-refractivity contribution in [1.29, 1.82) is 5.26 Å². The number of carbonyl (C=O) groups is 1. The molecule has 1 N–H and O–H groups in total. The predicted octanol–water partition coefficient (Wildman–Crippen LogP) is 1.88. The first kappa shape index (κ1) is 16.7. The number of nitrogens with zero attached hydrogens (tertiary/aromatic N) is 3. The molecule has 0 aliphatic carbocycles. The summed E-state index contributed by atoms with van der Waals surface area (Å²) in [6, 6.07) is 5.91. The summed E-state index contributed by atoms with van der Waals surface area (Å²) in [7, 11) is 0. The van der Waals surface area contributed by atoms with E-state index in [1.165, 1.54) is 5.56 Å². The van der Waals surface area contributed by atoms with E-state index in [1.807, 2.05) is 36.9 Å². The van der Waals surface area contributed by atoms with Gasteiger partial charge >= 0.3 is 0 Å². The summed E-state index contributed by atoms with van der Waals surface area (Å²) in [5.41, 5.74) is 1.34. The van der Waals surface area contributed by atoms with Gasteiger partial charge < -0.3 is 10.2 Å². The molecular weight excluding hydrogens is 264 g/mol. The molecule has 1 amide bonds. The van der Waals surface area contributed by atoms with E-state index in [4.69, 9.17) is 5.26 Å². The molecule has 0 saturated heterocycles. The summed E-state index contributed by atoms with van der Waals surface area (Å²) < 4.78 is 0. The SMILES string of the molecule is CCCNC(=O)/C(C#N)=C\N(CC)CCc1ccncc1. The van der Waals surface area contributed by atoms with Crippen molar-refractivity contribution in [1.82, 2.24) is 15.2 Å². The highest BCUT2D eigenvalue weighted by Crippen LogP contribution is 2.03. The quantitative estimate of drug-likeness (QED) is 0.585. The molecule has 0 bridgehead atoms. The Morgan fingerprint density at radius 3 is 2.71 bits per heavy atom. The number of aromatic nitrogens is 1. The third-order valence-corrected chi connectivity index (χ3v) is 3.06. The van der Waals surface area contributed by atoms with Gasteiger partial charge in [0.05, 0.1) is 0 Å². The normalized spacial score (nSPS) is 10.8. The van der Waals surface area contributed by atoms with Gasteiger partial charge in [-0.15, -0.1) is 0 Å². The Hall–Kier alpha value is -2.35. The molecule has 0 saturated carbocycles.